The topological polar surface area (TPSA) is 65.2 Å². The van der Waals surface area contributed by atoms with Crippen LogP contribution in [0.3, 0.4) is 0 Å². The Balaban J connectivity index is 1.55. The molecule has 0 bridgehead atoms. The number of fused-ring (bicyclic) bond motifs is 1. The van der Waals surface area contributed by atoms with Crippen LogP contribution in [0, 0.1) is 5.82 Å². The van der Waals surface area contributed by atoms with E-state index in [1.54, 1.807) is 12.1 Å². The van der Waals surface area contributed by atoms with Gasteiger partial charge in [0.15, 0.2) is 0 Å². The molecule has 6 heteroatoms. The van der Waals surface area contributed by atoms with Gasteiger partial charge in [0, 0.05) is 37.0 Å². The van der Waals surface area contributed by atoms with E-state index in [-0.39, 0.29) is 17.6 Å². The Morgan fingerprint density at radius 1 is 1.23 bits per heavy atom. The fourth-order valence-corrected chi connectivity index (χ4v) is 2.73. The summed E-state index contributed by atoms with van der Waals surface area (Å²) < 4.78 is 13.1. The Labute approximate surface area is 127 Å². The minimum Gasteiger partial charge on any atom is -0.351 e. The summed E-state index contributed by atoms with van der Waals surface area (Å²) in [4.78, 5) is 28.7. The van der Waals surface area contributed by atoms with E-state index in [4.69, 9.17) is 0 Å². The third kappa shape index (κ3) is 3.10. The maximum absolute atomic E-state index is 13.1. The SMILES string of the molecule is O=C(NCCC(=O)N1CCCC1)c1cc2cc(F)ccc2[nH]1. The molecule has 1 aliphatic heterocycles. The van der Waals surface area contributed by atoms with Crippen molar-refractivity contribution in [1.29, 1.82) is 0 Å². The van der Waals surface area contributed by atoms with Crippen molar-refractivity contribution in [2.75, 3.05) is 19.6 Å². The number of amides is 2. The van der Waals surface area contributed by atoms with Crippen molar-refractivity contribution in [3.05, 3.63) is 35.8 Å². The van der Waals surface area contributed by atoms with Gasteiger partial charge in [-0.2, -0.15) is 0 Å². The van der Waals surface area contributed by atoms with Crippen LogP contribution in [0.5, 0.6) is 0 Å². The lowest BCUT2D eigenvalue weighted by Crippen LogP contribution is -2.32. The van der Waals surface area contributed by atoms with E-state index in [1.807, 2.05) is 4.90 Å². The molecule has 0 saturated carbocycles. The second-order valence-electron chi connectivity index (χ2n) is 5.51. The van der Waals surface area contributed by atoms with Crippen LogP contribution in [0.25, 0.3) is 10.9 Å². The molecule has 1 aliphatic rings. The number of likely N-dealkylation sites (tertiary alicyclic amines) is 1. The number of halogens is 1. The molecule has 1 aromatic carbocycles. The fraction of sp³-hybridized carbons (Fsp3) is 0.375. The Morgan fingerprint density at radius 3 is 2.77 bits per heavy atom. The monoisotopic (exact) mass is 303 g/mol. The van der Waals surface area contributed by atoms with E-state index in [1.165, 1.54) is 12.1 Å². The molecule has 2 heterocycles. The largest absolute Gasteiger partial charge is 0.351 e. The first-order valence-electron chi connectivity index (χ1n) is 7.48. The highest BCUT2D eigenvalue weighted by molar-refractivity contribution is 5.98. The number of carbonyl (C=O) groups is 2. The molecule has 2 amide bonds. The second kappa shape index (κ2) is 6.17. The van der Waals surface area contributed by atoms with Crippen LogP contribution >= 0.6 is 0 Å². The highest BCUT2D eigenvalue weighted by Crippen LogP contribution is 2.16. The number of rotatable bonds is 4. The zero-order valence-corrected chi connectivity index (χ0v) is 12.2. The van der Waals surface area contributed by atoms with Crippen molar-refractivity contribution < 1.29 is 14.0 Å². The molecule has 5 nitrogen and oxygen atoms in total. The van der Waals surface area contributed by atoms with Gasteiger partial charge >= 0.3 is 0 Å². The van der Waals surface area contributed by atoms with E-state index in [0.717, 1.165) is 25.9 Å². The van der Waals surface area contributed by atoms with Gasteiger partial charge in [0.1, 0.15) is 11.5 Å². The van der Waals surface area contributed by atoms with Crippen molar-refractivity contribution in [3.63, 3.8) is 0 Å². The van der Waals surface area contributed by atoms with Gasteiger partial charge in [0.05, 0.1) is 0 Å². The molecule has 1 fully saturated rings. The van der Waals surface area contributed by atoms with Crippen LogP contribution in [0.4, 0.5) is 4.39 Å². The number of hydrogen-bond donors (Lipinski definition) is 2. The number of hydrogen-bond acceptors (Lipinski definition) is 2. The lowest BCUT2D eigenvalue weighted by atomic mass is 10.2. The summed E-state index contributed by atoms with van der Waals surface area (Å²) in [5, 5.41) is 3.37. The Kier molecular flexibility index (Phi) is 4.09. The average molecular weight is 303 g/mol. The lowest BCUT2D eigenvalue weighted by Gasteiger charge is -2.14. The molecule has 0 unspecified atom stereocenters. The van der Waals surface area contributed by atoms with Gasteiger partial charge in [-0.05, 0) is 37.1 Å². The third-order valence-corrected chi connectivity index (χ3v) is 3.91. The van der Waals surface area contributed by atoms with E-state index in [9.17, 15) is 14.0 Å². The minimum absolute atomic E-state index is 0.0801. The van der Waals surface area contributed by atoms with Gasteiger partial charge in [0.25, 0.3) is 5.91 Å². The number of benzene rings is 1. The Hall–Kier alpha value is -2.37. The number of aromatic amines is 1. The first-order chi connectivity index (χ1) is 10.6. The molecule has 1 saturated heterocycles. The zero-order chi connectivity index (χ0) is 15.5. The Bertz CT molecular complexity index is 704. The second-order valence-corrected chi connectivity index (χ2v) is 5.51. The molecule has 22 heavy (non-hydrogen) atoms. The molecule has 2 N–H and O–H groups in total. The Morgan fingerprint density at radius 2 is 2.00 bits per heavy atom. The number of H-pyrrole nitrogens is 1. The van der Waals surface area contributed by atoms with Gasteiger partial charge < -0.3 is 15.2 Å². The number of carbonyl (C=O) groups excluding carboxylic acids is 2. The predicted molar refractivity (Wildman–Crippen MR) is 81.0 cm³/mol. The van der Waals surface area contributed by atoms with Crippen molar-refractivity contribution in [2.24, 2.45) is 0 Å². The number of aromatic nitrogens is 1. The van der Waals surface area contributed by atoms with E-state index in [2.05, 4.69) is 10.3 Å². The highest BCUT2D eigenvalue weighted by Gasteiger charge is 2.17. The quantitative estimate of drug-likeness (QED) is 0.908. The minimum atomic E-state index is -0.338. The molecule has 0 radical (unpaired) electrons. The van der Waals surface area contributed by atoms with Crippen molar-refractivity contribution >= 4 is 22.7 Å². The third-order valence-electron chi connectivity index (χ3n) is 3.91. The molecular formula is C16H18FN3O2. The average Bonchev–Trinajstić information content (AvgIpc) is 3.15. The van der Waals surface area contributed by atoms with Crippen molar-refractivity contribution in [3.8, 4) is 0 Å². The molecule has 0 aliphatic carbocycles. The van der Waals surface area contributed by atoms with Crippen LogP contribution in [-0.2, 0) is 4.79 Å². The van der Waals surface area contributed by atoms with Crippen molar-refractivity contribution in [2.45, 2.75) is 19.3 Å². The van der Waals surface area contributed by atoms with Crippen molar-refractivity contribution in [1.82, 2.24) is 15.2 Å². The van der Waals surface area contributed by atoms with E-state index >= 15 is 0 Å². The zero-order valence-electron chi connectivity index (χ0n) is 12.2. The summed E-state index contributed by atoms with van der Waals surface area (Å²) >= 11 is 0. The molecule has 116 valence electrons. The van der Waals surface area contributed by atoms with Crippen LogP contribution in [0.15, 0.2) is 24.3 Å². The highest BCUT2D eigenvalue weighted by atomic mass is 19.1. The van der Waals surface area contributed by atoms with Crippen LogP contribution in [0.1, 0.15) is 29.8 Å². The summed E-state index contributed by atoms with van der Waals surface area (Å²) in [6.45, 7) is 1.94. The molecular weight excluding hydrogens is 285 g/mol. The molecule has 1 aromatic heterocycles. The van der Waals surface area contributed by atoms with Crippen LogP contribution in [0.2, 0.25) is 0 Å². The molecule has 3 rings (SSSR count). The van der Waals surface area contributed by atoms with Gasteiger partial charge in [0.2, 0.25) is 5.91 Å². The summed E-state index contributed by atoms with van der Waals surface area (Å²) in [5.74, 6) is -0.544. The van der Waals surface area contributed by atoms with Crippen LogP contribution in [-0.4, -0.2) is 41.3 Å². The first-order valence-corrected chi connectivity index (χ1v) is 7.48. The summed E-state index contributed by atoms with van der Waals surface area (Å²) in [7, 11) is 0. The smallest absolute Gasteiger partial charge is 0.267 e. The first kappa shape index (κ1) is 14.6. The van der Waals surface area contributed by atoms with Crippen LogP contribution < -0.4 is 5.32 Å². The van der Waals surface area contributed by atoms with Gasteiger partial charge in [-0.25, -0.2) is 4.39 Å². The van der Waals surface area contributed by atoms with Gasteiger partial charge in [-0.15, -0.1) is 0 Å². The van der Waals surface area contributed by atoms with E-state index in [0.29, 0.717) is 29.6 Å². The predicted octanol–water partition coefficient (Wildman–Crippen LogP) is 2.05. The maximum atomic E-state index is 13.1. The summed E-state index contributed by atoms with van der Waals surface area (Å²) in [5.41, 5.74) is 1.08. The summed E-state index contributed by atoms with van der Waals surface area (Å²) in [6.07, 6.45) is 2.42. The lowest BCUT2D eigenvalue weighted by molar-refractivity contribution is -0.129. The summed E-state index contributed by atoms with van der Waals surface area (Å²) in [6, 6.07) is 5.92. The van der Waals surface area contributed by atoms with Gasteiger partial charge in [-0.1, -0.05) is 0 Å². The normalized spacial score (nSPS) is 14.5. The molecule has 0 spiro atoms. The fourth-order valence-electron chi connectivity index (χ4n) is 2.73. The maximum Gasteiger partial charge on any atom is 0.267 e. The molecule has 0 atom stereocenters. The molecule has 2 aromatic rings. The van der Waals surface area contributed by atoms with Gasteiger partial charge in [-0.3, -0.25) is 9.59 Å². The van der Waals surface area contributed by atoms with E-state index < -0.39 is 0 Å². The number of nitrogens with one attached hydrogen (secondary N) is 2. The standard InChI is InChI=1S/C16H18FN3O2/c17-12-3-4-13-11(9-12)10-14(19-13)16(22)18-6-5-15(21)20-7-1-2-8-20/h3-4,9-10,19H,1-2,5-8H2,(H,18,22). The number of nitrogens with zero attached hydrogens (tertiary/aromatic N) is 1.